The van der Waals surface area contributed by atoms with Gasteiger partial charge < -0.3 is 25.0 Å². The van der Waals surface area contributed by atoms with Crippen molar-refractivity contribution in [3.63, 3.8) is 0 Å². The van der Waals surface area contributed by atoms with E-state index in [-0.39, 0.29) is 61.2 Å². The number of nitrogens with one attached hydrogen (secondary N) is 2. The Labute approximate surface area is 247 Å². The van der Waals surface area contributed by atoms with Gasteiger partial charge in [0, 0.05) is 37.9 Å². The number of morpholine rings is 1. The van der Waals surface area contributed by atoms with Crippen LogP contribution in [0.2, 0.25) is 4.34 Å². The highest BCUT2D eigenvalue weighted by Gasteiger charge is 2.32. The summed E-state index contributed by atoms with van der Waals surface area (Å²) in [5, 5.41) is 5.69. The predicted molar refractivity (Wildman–Crippen MR) is 154 cm³/mol. The number of thiophene rings is 1. The standard InChI is InChI=1S/C28H35ClF2N4O5S/c1-17(2)14-34(15-18-4-3-5-18)21(13-32-27(38)23-8-9-24(29)41-23)26(37)33-19-6-7-20(22(12-19)40-28(30)31)35-10-11-39-16-25(35)36/h6-9,12,17-18,21,28H,3-5,10-11,13-16H2,1-2H3,(H,32,38)(H,33,37)/t21-/m1/s1. The monoisotopic (exact) mass is 612 g/mol. The second-order valence-corrected chi connectivity index (χ2v) is 12.3. The van der Waals surface area contributed by atoms with Crippen LogP contribution in [0.3, 0.4) is 0 Å². The third-order valence-corrected chi connectivity index (χ3v) is 8.26. The molecule has 1 saturated heterocycles. The van der Waals surface area contributed by atoms with Crippen molar-refractivity contribution in [1.29, 1.82) is 0 Å². The van der Waals surface area contributed by atoms with E-state index >= 15 is 0 Å². The van der Waals surface area contributed by atoms with Crippen molar-refractivity contribution in [2.75, 3.05) is 49.6 Å². The smallest absolute Gasteiger partial charge is 0.387 e. The molecule has 41 heavy (non-hydrogen) atoms. The van der Waals surface area contributed by atoms with Crippen molar-refractivity contribution in [1.82, 2.24) is 10.2 Å². The summed E-state index contributed by atoms with van der Waals surface area (Å²) in [6.07, 6.45) is 3.32. The van der Waals surface area contributed by atoms with Crippen molar-refractivity contribution in [2.24, 2.45) is 11.8 Å². The molecule has 2 heterocycles. The number of rotatable bonds is 13. The van der Waals surface area contributed by atoms with Crippen LogP contribution in [0.5, 0.6) is 5.75 Å². The lowest BCUT2D eigenvalue weighted by Gasteiger charge is -2.37. The number of nitrogens with zero attached hydrogens (tertiary/aromatic N) is 2. The van der Waals surface area contributed by atoms with Crippen LogP contribution in [0.1, 0.15) is 42.8 Å². The Morgan fingerprint density at radius 3 is 2.63 bits per heavy atom. The molecule has 0 radical (unpaired) electrons. The van der Waals surface area contributed by atoms with Gasteiger partial charge in [0.2, 0.25) is 5.91 Å². The van der Waals surface area contributed by atoms with Gasteiger partial charge in [0.1, 0.15) is 12.6 Å². The van der Waals surface area contributed by atoms with E-state index in [1.807, 2.05) is 0 Å². The first kappa shape index (κ1) is 31.1. The predicted octanol–water partition coefficient (Wildman–Crippen LogP) is 4.86. The van der Waals surface area contributed by atoms with Gasteiger partial charge >= 0.3 is 6.61 Å². The van der Waals surface area contributed by atoms with Crippen LogP contribution in [0.25, 0.3) is 0 Å². The van der Waals surface area contributed by atoms with Gasteiger partial charge in [-0.2, -0.15) is 8.78 Å². The molecule has 0 spiro atoms. The third kappa shape index (κ3) is 8.60. The minimum atomic E-state index is -3.13. The lowest BCUT2D eigenvalue weighted by molar-refractivity contribution is -0.126. The number of carbonyl (C=O) groups is 3. The molecular formula is C28H35ClF2N4O5S. The first-order valence-corrected chi connectivity index (χ1v) is 14.9. The summed E-state index contributed by atoms with van der Waals surface area (Å²) >= 11 is 7.14. The molecule has 2 N–H and O–H groups in total. The lowest BCUT2D eigenvalue weighted by atomic mass is 9.84. The van der Waals surface area contributed by atoms with Crippen LogP contribution in [-0.4, -0.2) is 74.7 Å². The van der Waals surface area contributed by atoms with Gasteiger partial charge in [-0.15, -0.1) is 11.3 Å². The molecular weight excluding hydrogens is 578 g/mol. The van der Waals surface area contributed by atoms with Gasteiger partial charge in [0.05, 0.1) is 21.5 Å². The highest BCUT2D eigenvalue weighted by atomic mass is 35.5. The topological polar surface area (TPSA) is 100 Å². The van der Waals surface area contributed by atoms with E-state index in [0.717, 1.165) is 30.6 Å². The number of ether oxygens (including phenoxy) is 2. The Morgan fingerprint density at radius 1 is 1.24 bits per heavy atom. The lowest BCUT2D eigenvalue weighted by Crippen LogP contribution is -2.53. The number of carbonyl (C=O) groups excluding carboxylic acids is 3. The fourth-order valence-electron chi connectivity index (χ4n) is 4.91. The molecule has 1 aliphatic heterocycles. The van der Waals surface area contributed by atoms with Crippen molar-refractivity contribution >= 4 is 52.0 Å². The zero-order valence-corrected chi connectivity index (χ0v) is 24.6. The molecule has 1 aliphatic carbocycles. The molecule has 1 atom stereocenters. The highest BCUT2D eigenvalue weighted by Crippen LogP contribution is 2.34. The molecule has 13 heteroatoms. The Morgan fingerprint density at radius 2 is 2.02 bits per heavy atom. The summed E-state index contributed by atoms with van der Waals surface area (Å²) in [4.78, 5) is 42.7. The number of amides is 3. The van der Waals surface area contributed by atoms with Crippen LogP contribution in [0.15, 0.2) is 30.3 Å². The van der Waals surface area contributed by atoms with Gasteiger partial charge in [-0.05, 0) is 48.9 Å². The Hall–Kier alpha value is -2.80. The number of halogens is 3. The minimum absolute atomic E-state index is 0.0420. The quantitative estimate of drug-likeness (QED) is 0.335. The summed E-state index contributed by atoms with van der Waals surface area (Å²) in [6, 6.07) is 6.83. The van der Waals surface area contributed by atoms with Crippen LogP contribution in [0, 0.1) is 11.8 Å². The summed E-state index contributed by atoms with van der Waals surface area (Å²) < 4.78 is 37.0. The van der Waals surface area contributed by atoms with E-state index in [1.165, 1.54) is 23.1 Å². The average molecular weight is 613 g/mol. The van der Waals surface area contributed by atoms with Crippen LogP contribution >= 0.6 is 22.9 Å². The second-order valence-electron chi connectivity index (χ2n) is 10.6. The molecule has 224 valence electrons. The van der Waals surface area contributed by atoms with Gasteiger partial charge in [-0.25, -0.2) is 0 Å². The van der Waals surface area contributed by atoms with Gasteiger partial charge in [-0.3, -0.25) is 19.3 Å². The van der Waals surface area contributed by atoms with E-state index < -0.39 is 18.6 Å². The first-order valence-electron chi connectivity index (χ1n) is 13.7. The molecule has 2 aromatic rings. The summed E-state index contributed by atoms with van der Waals surface area (Å²) in [7, 11) is 0. The molecule has 2 aliphatic rings. The SMILES string of the molecule is CC(C)CN(CC1CCC1)[C@H](CNC(=O)c1ccc(Cl)s1)C(=O)Nc1ccc(N2CCOCC2=O)c(OC(F)F)c1. The third-order valence-electron chi connectivity index (χ3n) is 7.03. The maximum Gasteiger partial charge on any atom is 0.387 e. The van der Waals surface area contributed by atoms with Gasteiger partial charge in [-0.1, -0.05) is 31.9 Å². The molecule has 1 aromatic carbocycles. The molecule has 1 aromatic heterocycles. The van der Waals surface area contributed by atoms with Crippen LogP contribution in [-0.2, 0) is 14.3 Å². The summed E-state index contributed by atoms with van der Waals surface area (Å²) in [5.41, 5.74) is 0.394. The molecule has 1 saturated carbocycles. The van der Waals surface area contributed by atoms with Gasteiger partial charge in [0.25, 0.3) is 11.8 Å². The van der Waals surface area contributed by atoms with E-state index in [0.29, 0.717) is 28.2 Å². The van der Waals surface area contributed by atoms with Crippen molar-refractivity contribution in [2.45, 2.75) is 45.8 Å². The molecule has 0 bridgehead atoms. The average Bonchev–Trinajstić information content (AvgIpc) is 3.32. The number of hydrogen-bond donors (Lipinski definition) is 2. The Bertz CT molecular complexity index is 1230. The van der Waals surface area contributed by atoms with E-state index in [1.54, 1.807) is 12.1 Å². The van der Waals surface area contributed by atoms with Crippen molar-refractivity contribution in [3.05, 3.63) is 39.5 Å². The highest BCUT2D eigenvalue weighted by molar-refractivity contribution is 7.18. The zero-order valence-electron chi connectivity index (χ0n) is 23.0. The second kappa shape index (κ2) is 14.4. The van der Waals surface area contributed by atoms with E-state index in [2.05, 4.69) is 29.4 Å². The molecule has 4 rings (SSSR count). The minimum Gasteiger partial charge on any atom is -0.433 e. The number of alkyl halides is 2. The van der Waals surface area contributed by atoms with E-state index in [9.17, 15) is 23.2 Å². The van der Waals surface area contributed by atoms with Crippen LogP contribution < -0.4 is 20.3 Å². The van der Waals surface area contributed by atoms with Crippen molar-refractivity contribution in [3.8, 4) is 5.75 Å². The van der Waals surface area contributed by atoms with Gasteiger partial charge in [0.15, 0.2) is 5.75 Å². The summed E-state index contributed by atoms with van der Waals surface area (Å²) in [5.74, 6) is -0.621. The number of benzene rings is 1. The fourth-order valence-corrected chi connectivity index (χ4v) is 5.87. The zero-order chi connectivity index (χ0) is 29.5. The molecule has 2 fully saturated rings. The molecule has 0 unspecified atom stereocenters. The first-order chi connectivity index (χ1) is 19.6. The maximum atomic E-state index is 13.8. The molecule has 3 amide bonds. The largest absolute Gasteiger partial charge is 0.433 e. The van der Waals surface area contributed by atoms with E-state index in [4.69, 9.17) is 21.1 Å². The number of hydrogen-bond acceptors (Lipinski definition) is 7. The summed E-state index contributed by atoms with van der Waals surface area (Å²) in [6.45, 7) is 2.66. The molecule has 9 nitrogen and oxygen atoms in total. The van der Waals surface area contributed by atoms with Crippen molar-refractivity contribution < 1.29 is 32.6 Å². The normalized spacial score (nSPS) is 16.7. The maximum absolute atomic E-state index is 13.8. The fraction of sp³-hybridized carbons (Fsp3) is 0.536. The Balaban J connectivity index is 1.56. The number of anilines is 2. The Kier molecular flexibility index (Phi) is 10.9. The van der Waals surface area contributed by atoms with Crippen LogP contribution in [0.4, 0.5) is 20.2 Å².